The third kappa shape index (κ3) is 2.85. The second-order valence-electron chi connectivity index (χ2n) is 5.46. The van der Waals surface area contributed by atoms with Gasteiger partial charge < -0.3 is 16.0 Å². The molecule has 0 radical (unpaired) electrons. The Kier molecular flexibility index (Phi) is 3.79. The highest BCUT2D eigenvalue weighted by atomic mass is 16.2. The monoisotopic (exact) mass is 287 g/mol. The van der Waals surface area contributed by atoms with Crippen molar-refractivity contribution >= 4 is 22.6 Å². The Morgan fingerprint density at radius 1 is 1.48 bits per heavy atom. The van der Waals surface area contributed by atoms with Crippen molar-refractivity contribution in [2.75, 3.05) is 25.4 Å². The number of hydrogen-bond acceptors (Lipinski definition) is 4. The van der Waals surface area contributed by atoms with Crippen molar-refractivity contribution in [3.63, 3.8) is 0 Å². The molecule has 0 saturated carbocycles. The second-order valence-corrected chi connectivity index (χ2v) is 5.46. The van der Waals surface area contributed by atoms with Crippen LogP contribution in [0.2, 0.25) is 0 Å². The molecule has 1 unspecified atom stereocenters. The van der Waals surface area contributed by atoms with Gasteiger partial charge in [-0.05, 0) is 24.6 Å². The molecule has 1 atom stereocenters. The molecule has 0 spiro atoms. The normalized spacial score (nSPS) is 19.9. The molecule has 6 heteroatoms. The number of rotatable bonds is 4. The molecule has 6 nitrogen and oxygen atoms in total. The maximum absolute atomic E-state index is 11.8. The molecule has 2 heterocycles. The lowest BCUT2D eigenvalue weighted by Crippen LogP contribution is -2.55. The summed E-state index contributed by atoms with van der Waals surface area (Å²) in [6.45, 7) is 4.51. The number of benzene rings is 1. The molecule has 1 aromatic heterocycles. The lowest BCUT2D eigenvalue weighted by atomic mass is 10.1. The van der Waals surface area contributed by atoms with Crippen LogP contribution in [-0.2, 0) is 11.2 Å². The Hall–Kier alpha value is -2.08. The third-order valence-electron chi connectivity index (χ3n) is 4.02. The van der Waals surface area contributed by atoms with Crippen molar-refractivity contribution < 1.29 is 4.79 Å². The van der Waals surface area contributed by atoms with Gasteiger partial charge in [-0.2, -0.15) is 0 Å². The van der Waals surface area contributed by atoms with Crippen molar-refractivity contribution in [3.8, 4) is 0 Å². The summed E-state index contributed by atoms with van der Waals surface area (Å²) in [5, 5.41) is 2.92. The van der Waals surface area contributed by atoms with Gasteiger partial charge in [-0.3, -0.25) is 9.69 Å². The van der Waals surface area contributed by atoms with E-state index in [-0.39, 0.29) is 11.9 Å². The van der Waals surface area contributed by atoms with Crippen LogP contribution in [0, 0.1) is 0 Å². The quantitative estimate of drug-likeness (QED) is 0.729. The zero-order valence-electron chi connectivity index (χ0n) is 12.2. The summed E-state index contributed by atoms with van der Waals surface area (Å²) in [6.07, 6.45) is 1.64. The minimum Gasteiger partial charge on any atom is -0.399 e. The summed E-state index contributed by atoms with van der Waals surface area (Å²) in [4.78, 5) is 21.9. The van der Waals surface area contributed by atoms with Gasteiger partial charge in [0, 0.05) is 31.7 Å². The van der Waals surface area contributed by atoms with E-state index in [0.29, 0.717) is 0 Å². The number of aromatic nitrogens is 2. The van der Waals surface area contributed by atoms with E-state index in [9.17, 15) is 4.79 Å². The molecule has 2 aromatic rings. The molecule has 1 aliphatic heterocycles. The van der Waals surface area contributed by atoms with Crippen molar-refractivity contribution in [3.05, 3.63) is 24.0 Å². The first-order valence-electron chi connectivity index (χ1n) is 7.43. The number of amides is 1. The van der Waals surface area contributed by atoms with Crippen LogP contribution < -0.4 is 11.1 Å². The second kappa shape index (κ2) is 5.73. The topological polar surface area (TPSA) is 87.0 Å². The summed E-state index contributed by atoms with van der Waals surface area (Å²) >= 11 is 0. The molecule has 21 heavy (non-hydrogen) atoms. The highest BCUT2D eigenvalue weighted by Gasteiger charge is 2.27. The van der Waals surface area contributed by atoms with Crippen LogP contribution in [0.25, 0.3) is 11.0 Å². The Morgan fingerprint density at radius 3 is 3.14 bits per heavy atom. The zero-order valence-corrected chi connectivity index (χ0v) is 12.2. The summed E-state index contributed by atoms with van der Waals surface area (Å²) in [5.41, 5.74) is 8.41. The summed E-state index contributed by atoms with van der Waals surface area (Å²) in [5.74, 6) is 1.08. The van der Waals surface area contributed by atoms with Gasteiger partial charge in [0.25, 0.3) is 0 Å². The Labute approximate surface area is 123 Å². The number of carbonyl (C=O) groups is 1. The predicted octanol–water partition coefficient (Wildman–Crippen LogP) is 0.898. The summed E-state index contributed by atoms with van der Waals surface area (Å²) in [7, 11) is 0. The van der Waals surface area contributed by atoms with Crippen LogP contribution >= 0.6 is 0 Å². The van der Waals surface area contributed by atoms with E-state index in [1.165, 1.54) is 0 Å². The number of fused-ring (bicyclic) bond motifs is 1. The van der Waals surface area contributed by atoms with Gasteiger partial charge in [0.1, 0.15) is 5.82 Å². The molecule has 4 N–H and O–H groups in total. The van der Waals surface area contributed by atoms with Crippen LogP contribution in [0.3, 0.4) is 0 Å². The van der Waals surface area contributed by atoms with E-state index in [1.54, 1.807) is 0 Å². The molecule has 1 aromatic carbocycles. The van der Waals surface area contributed by atoms with Crippen molar-refractivity contribution in [2.45, 2.75) is 25.8 Å². The third-order valence-corrected chi connectivity index (χ3v) is 4.02. The van der Waals surface area contributed by atoms with E-state index < -0.39 is 0 Å². The van der Waals surface area contributed by atoms with Crippen LogP contribution in [0.15, 0.2) is 18.2 Å². The number of hydrogen-bond donors (Lipinski definition) is 3. The number of anilines is 1. The SMILES string of the molecule is CCC1C(=O)NCCN1CCc1nc2ccc(N)cc2[nH]1. The maximum atomic E-state index is 11.8. The molecule has 1 amide bonds. The molecule has 1 fully saturated rings. The molecule has 112 valence electrons. The first-order valence-corrected chi connectivity index (χ1v) is 7.43. The number of nitrogens with zero attached hydrogens (tertiary/aromatic N) is 2. The van der Waals surface area contributed by atoms with E-state index in [0.717, 1.165) is 55.0 Å². The standard InChI is InChI=1S/C15H21N5O/c1-2-13-15(21)17-6-8-20(13)7-5-14-18-11-4-3-10(16)9-12(11)19-14/h3-4,9,13H,2,5-8,16H2,1H3,(H,17,21)(H,18,19). The minimum absolute atomic E-state index is 0.0150. The molecule has 0 aliphatic carbocycles. The van der Waals surface area contributed by atoms with E-state index in [1.807, 2.05) is 25.1 Å². The first-order chi connectivity index (χ1) is 10.2. The number of nitrogens with two attached hydrogens (primary N) is 1. The van der Waals surface area contributed by atoms with Gasteiger partial charge in [0.05, 0.1) is 17.1 Å². The maximum Gasteiger partial charge on any atom is 0.237 e. The lowest BCUT2D eigenvalue weighted by Gasteiger charge is -2.34. The van der Waals surface area contributed by atoms with Gasteiger partial charge in [-0.25, -0.2) is 4.98 Å². The first kappa shape index (κ1) is 13.9. The molecular formula is C15H21N5O. The van der Waals surface area contributed by atoms with Gasteiger partial charge in [-0.15, -0.1) is 0 Å². The molecular weight excluding hydrogens is 266 g/mol. The van der Waals surface area contributed by atoms with E-state index >= 15 is 0 Å². The number of nitrogen functional groups attached to an aromatic ring is 1. The lowest BCUT2D eigenvalue weighted by molar-refractivity contribution is -0.129. The predicted molar refractivity (Wildman–Crippen MR) is 82.9 cm³/mol. The number of imidazole rings is 1. The number of carbonyl (C=O) groups excluding carboxylic acids is 1. The number of nitrogens with one attached hydrogen (secondary N) is 2. The van der Waals surface area contributed by atoms with Crippen LogP contribution in [0.5, 0.6) is 0 Å². The van der Waals surface area contributed by atoms with Gasteiger partial charge >= 0.3 is 0 Å². The fourth-order valence-corrected chi connectivity index (χ4v) is 2.92. The molecule has 0 bridgehead atoms. The van der Waals surface area contributed by atoms with Crippen molar-refractivity contribution in [1.29, 1.82) is 0 Å². The highest BCUT2D eigenvalue weighted by Crippen LogP contribution is 2.16. The van der Waals surface area contributed by atoms with Crippen LogP contribution in [0.1, 0.15) is 19.2 Å². The highest BCUT2D eigenvalue weighted by molar-refractivity contribution is 5.82. The average Bonchev–Trinajstić information content (AvgIpc) is 2.87. The van der Waals surface area contributed by atoms with Gasteiger partial charge in [0.2, 0.25) is 5.91 Å². The minimum atomic E-state index is -0.0150. The largest absolute Gasteiger partial charge is 0.399 e. The number of H-pyrrole nitrogens is 1. The smallest absolute Gasteiger partial charge is 0.237 e. The van der Waals surface area contributed by atoms with Crippen LogP contribution in [0.4, 0.5) is 5.69 Å². The summed E-state index contributed by atoms with van der Waals surface area (Å²) in [6, 6.07) is 5.66. The molecule has 3 rings (SSSR count). The van der Waals surface area contributed by atoms with E-state index in [4.69, 9.17) is 5.73 Å². The Bertz CT molecular complexity index is 651. The van der Waals surface area contributed by atoms with Crippen molar-refractivity contribution in [2.24, 2.45) is 0 Å². The average molecular weight is 287 g/mol. The molecule has 1 saturated heterocycles. The van der Waals surface area contributed by atoms with E-state index in [2.05, 4.69) is 20.2 Å². The fourth-order valence-electron chi connectivity index (χ4n) is 2.92. The van der Waals surface area contributed by atoms with Crippen LogP contribution in [-0.4, -0.2) is 46.5 Å². The summed E-state index contributed by atoms with van der Waals surface area (Å²) < 4.78 is 0. The Balaban J connectivity index is 1.69. The van der Waals surface area contributed by atoms with Gasteiger partial charge in [-0.1, -0.05) is 6.92 Å². The number of aromatic amines is 1. The zero-order chi connectivity index (χ0) is 14.8. The van der Waals surface area contributed by atoms with Crippen molar-refractivity contribution in [1.82, 2.24) is 20.2 Å². The number of piperazine rings is 1. The molecule has 1 aliphatic rings. The fraction of sp³-hybridized carbons (Fsp3) is 0.467. The Morgan fingerprint density at radius 2 is 2.33 bits per heavy atom. The van der Waals surface area contributed by atoms with Gasteiger partial charge in [0.15, 0.2) is 0 Å².